The molecule has 0 aliphatic heterocycles. The number of nitrogens with zero attached hydrogens (tertiary/aromatic N) is 1. The normalized spacial score (nSPS) is 11.0. The summed E-state index contributed by atoms with van der Waals surface area (Å²) in [5, 5.41) is 11.2. The minimum atomic E-state index is -0.819. The van der Waals surface area contributed by atoms with E-state index in [9.17, 15) is 9.59 Å². The smallest absolute Gasteiger partial charge is 0.347 e. The fourth-order valence-electron chi connectivity index (χ4n) is 2.00. The number of rotatable bonds is 7. The Bertz CT molecular complexity index is 751. The summed E-state index contributed by atoms with van der Waals surface area (Å²) in [5.41, 5.74) is 1.43. The van der Waals surface area contributed by atoms with Crippen molar-refractivity contribution >= 4 is 17.6 Å². The number of ether oxygens (including phenoxy) is 2. The van der Waals surface area contributed by atoms with Crippen LogP contribution >= 0.6 is 0 Å². The first-order valence-electron chi connectivity index (χ1n) is 7.72. The second-order valence-corrected chi connectivity index (χ2v) is 5.26. The first-order valence-corrected chi connectivity index (χ1v) is 7.72. The number of anilines is 1. The topological polar surface area (TPSA) is 88.4 Å². The number of hydrogen-bond acceptors (Lipinski definition) is 5. The molecule has 6 nitrogen and oxygen atoms in total. The molecule has 6 heteroatoms. The second-order valence-electron chi connectivity index (χ2n) is 5.26. The van der Waals surface area contributed by atoms with Gasteiger partial charge < -0.3 is 14.8 Å². The minimum absolute atomic E-state index is 0.311. The van der Waals surface area contributed by atoms with E-state index < -0.39 is 24.6 Å². The van der Waals surface area contributed by atoms with Gasteiger partial charge in [0.25, 0.3) is 5.91 Å². The van der Waals surface area contributed by atoms with Gasteiger partial charge in [-0.05, 0) is 36.8 Å². The Morgan fingerprint density at radius 1 is 1.12 bits per heavy atom. The van der Waals surface area contributed by atoms with E-state index >= 15 is 0 Å². The number of nitriles is 1. The highest BCUT2D eigenvalue weighted by Crippen LogP contribution is 2.12. The molecule has 0 spiro atoms. The predicted octanol–water partition coefficient (Wildman–Crippen LogP) is 2.70. The van der Waals surface area contributed by atoms with Crippen molar-refractivity contribution in [1.29, 1.82) is 5.26 Å². The maximum atomic E-state index is 11.9. The van der Waals surface area contributed by atoms with Crippen molar-refractivity contribution in [2.24, 2.45) is 0 Å². The number of carbonyl (C=O) groups is 2. The zero-order valence-electron chi connectivity index (χ0n) is 13.8. The van der Waals surface area contributed by atoms with Gasteiger partial charge in [0.1, 0.15) is 5.75 Å². The van der Waals surface area contributed by atoms with Gasteiger partial charge in [0, 0.05) is 5.69 Å². The monoisotopic (exact) mass is 338 g/mol. The predicted molar refractivity (Wildman–Crippen MR) is 91.9 cm³/mol. The SMILES string of the molecule is C[C@@H](Oc1ccccc1)C(=O)OCC(=O)Nc1ccc(CC#N)cc1. The minimum Gasteiger partial charge on any atom is -0.479 e. The molecule has 0 radical (unpaired) electrons. The molecule has 0 aliphatic rings. The van der Waals surface area contributed by atoms with E-state index in [2.05, 4.69) is 5.32 Å². The number of benzene rings is 2. The third-order valence-corrected chi connectivity index (χ3v) is 3.25. The maximum Gasteiger partial charge on any atom is 0.347 e. The van der Waals surface area contributed by atoms with E-state index in [1.165, 1.54) is 0 Å². The third kappa shape index (κ3) is 5.99. The van der Waals surface area contributed by atoms with Crippen LogP contribution in [0.15, 0.2) is 54.6 Å². The summed E-state index contributed by atoms with van der Waals surface area (Å²) in [7, 11) is 0. The lowest BCUT2D eigenvalue weighted by atomic mass is 10.1. The highest BCUT2D eigenvalue weighted by Gasteiger charge is 2.17. The molecule has 2 aromatic carbocycles. The van der Waals surface area contributed by atoms with Crippen molar-refractivity contribution in [3.63, 3.8) is 0 Å². The van der Waals surface area contributed by atoms with Crippen molar-refractivity contribution < 1.29 is 19.1 Å². The highest BCUT2D eigenvalue weighted by molar-refractivity contribution is 5.93. The zero-order chi connectivity index (χ0) is 18.1. The van der Waals surface area contributed by atoms with E-state index in [0.29, 0.717) is 17.9 Å². The van der Waals surface area contributed by atoms with Crippen LogP contribution in [-0.4, -0.2) is 24.6 Å². The van der Waals surface area contributed by atoms with E-state index in [-0.39, 0.29) is 0 Å². The lowest BCUT2D eigenvalue weighted by Gasteiger charge is -2.13. The molecule has 2 aromatic rings. The van der Waals surface area contributed by atoms with Crippen molar-refractivity contribution in [3.05, 3.63) is 60.2 Å². The van der Waals surface area contributed by atoms with Gasteiger partial charge in [0.05, 0.1) is 12.5 Å². The first-order chi connectivity index (χ1) is 12.1. The molecule has 0 saturated carbocycles. The number of para-hydroxylation sites is 1. The van der Waals surface area contributed by atoms with Crippen molar-refractivity contribution in [3.8, 4) is 11.8 Å². The van der Waals surface area contributed by atoms with Gasteiger partial charge in [-0.15, -0.1) is 0 Å². The Morgan fingerprint density at radius 2 is 1.80 bits per heavy atom. The van der Waals surface area contributed by atoms with Crippen LogP contribution in [0.3, 0.4) is 0 Å². The van der Waals surface area contributed by atoms with Crippen LogP contribution in [0, 0.1) is 11.3 Å². The fraction of sp³-hybridized carbons (Fsp3) is 0.211. The van der Waals surface area contributed by atoms with Crippen molar-refractivity contribution in [2.75, 3.05) is 11.9 Å². The molecule has 0 unspecified atom stereocenters. The quantitative estimate of drug-likeness (QED) is 0.784. The molecule has 1 N–H and O–H groups in total. The molecular formula is C19H18N2O4. The second kappa shape index (κ2) is 9.08. The van der Waals surface area contributed by atoms with Crippen LogP contribution in [0.5, 0.6) is 5.75 Å². The van der Waals surface area contributed by atoms with Crippen molar-refractivity contribution in [1.82, 2.24) is 0 Å². The zero-order valence-corrected chi connectivity index (χ0v) is 13.8. The van der Waals surface area contributed by atoms with Gasteiger partial charge in [0.15, 0.2) is 12.7 Å². The average molecular weight is 338 g/mol. The summed E-state index contributed by atoms with van der Waals surface area (Å²) in [5.74, 6) is -0.523. The van der Waals surface area contributed by atoms with E-state index in [0.717, 1.165) is 5.56 Å². The number of amides is 1. The number of hydrogen-bond donors (Lipinski definition) is 1. The summed E-state index contributed by atoms with van der Waals surface area (Å²) in [6, 6.07) is 17.8. The molecule has 0 heterocycles. The fourth-order valence-corrected chi connectivity index (χ4v) is 2.00. The standard InChI is InChI=1S/C19H18N2O4/c1-14(25-17-5-3-2-4-6-17)19(23)24-13-18(22)21-16-9-7-15(8-10-16)11-12-20/h2-10,14H,11,13H2,1H3,(H,21,22)/t14-/m1/s1. The molecule has 128 valence electrons. The van der Waals surface area contributed by atoms with E-state index in [1.807, 2.05) is 12.1 Å². The van der Waals surface area contributed by atoms with Gasteiger partial charge in [-0.25, -0.2) is 4.79 Å². The summed E-state index contributed by atoms with van der Waals surface area (Å²) in [6.07, 6.45) is -0.508. The summed E-state index contributed by atoms with van der Waals surface area (Å²) in [4.78, 5) is 23.7. The van der Waals surface area contributed by atoms with Gasteiger partial charge >= 0.3 is 5.97 Å². The summed E-state index contributed by atoms with van der Waals surface area (Å²) < 4.78 is 10.4. The maximum absolute atomic E-state index is 11.9. The van der Waals surface area contributed by atoms with Crippen LogP contribution in [0.25, 0.3) is 0 Å². The summed E-state index contributed by atoms with van der Waals surface area (Å²) >= 11 is 0. The molecule has 25 heavy (non-hydrogen) atoms. The van der Waals surface area contributed by atoms with Crippen LogP contribution in [0.1, 0.15) is 12.5 Å². The molecule has 1 atom stereocenters. The van der Waals surface area contributed by atoms with Gasteiger partial charge in [-0.3, -0.25) is 4.79 Å². The Hall–Kier alpha value is -3.33. The Kier molecular flexibility index (Phi) is 6.55. The van der Waals surface area contributed by atoms with Crippen LogP contribution in [-0.2, 0) is 20.7 Å². The van der Waals surface area contributed by atoms with Gasteiger partial charge in [-0.2, -0.15) is 5.26 Å². The Labute approximate surface area is 146 Å². The van der Waals surface area contributed by atoms with Crippen LogP contribution in [0.4, 0.5) is 5.69 Å². The molecule has 0 aromatic heterocycles. The Balaban J connectivity index is 1.77. The van der Waals surface area contributed by atoms with Crippen LogP contribution in [0.2, 0.25) is 0 Å². The largest absolute Gasteiger partial charge is 0.479 e. The molecule has 1 amide bonds. The molecular weight excluding hydrogens is 320 g/mol. The molecule has 0 saturated heterocycles. The van der Waals surface area contributed by atoms with E-state index in [1.54, 1.807) is 55.5 Å². The van der Waals surface area contributed by atoms with Gasteiger partial charge in [-0.1, -0.05) is 30.3 Å². The number of esters is 1. The van der Waals surface area contributed by atoms with Crippen LogP contribution < -0.4 is 10.1 Å². The van der Waals surface area contributed by atoms with Gasteiger partial charge in [0.2, 0.25) is 0 Å². The van der Waals surface area contributed by atoms with Crippen molar-refractivity contribution in [2.45, 2.75) is 19.4 Å². The Morgan fingerprint density at radius 3 is 2.44 bits per heavy atom. The molecule has 2 rings (SSSR count). The third-order valence-electron chi connectivity index (χ3n) is 3.25. The number of nitrogens with one attached hydrogen (secondary N) is 1. The lowest BCUT2D eigenvalue weighted by Crippen LogP contribution is -2.29. The average Bonchev–Trinajstić information content (AvgIpc) is 2.62. The molecule has 0 fully saturated rings. The number of carbonyl (C=O) groups excluding carboxylic acids is 2. The highest BCUT2D eigenvalue weighted by atomic mass is 16.6. The molecule has 0 aliphatic carbocycles. The molecule has 0 bridgehead atoms. The first kappa shape index (κ1) is 18.0. The summed E-state index contributed by atoms with van der Waals surface area (Å²) in [6.45, 7) is 1.16. The lowest BCUT2D eigenvalue weighted by molar-refractivity contribution is -0.153. The van der Waals surface area contributed by atoms with E-state index in [4.69, 9.17) is 14.7 Å².